The van der Waals surface area contributed by atoms with Crippen LogP contribution in [0, 0.1) is 0 Å². The fraction of sp³-hybridized carbons (Fsp3) is 0.0435. The van der Waals surface area contributed by atoms with Gasteiger partial charge in [0.1, 0.15) is 23.0 Å². The molecule has 3 rings (SSSR count). The van der Waals surface area contributed by atoms with Gasteiger partial charge in [0.15, 0.2) is 0 Å². The molecule has 0 aliphatic rings. The van der Waals surface area contributed by atoms with Crippen molar-refractivity contribution in [1.82, 2.24) is 0 Å². The Kier molecular flexibility index (Phi) is 5.47. The maximum atomic E-state index is 6.05. The van der Waals surface area contributed by atoms with Crippen molar-refractivity contribution in [2.45, 2.75) is 6.92 Å². The molecule has 0 amide bonds. The first-order valence-electron chi connectivity index (χ1n) is 8.55. The molecule has 0 radical (unpaired) electrons. The molecule has 0 heterocycles. The highest BCUT2D eigenvalue weighted by molar-refractivity contribution is 5.72. The van der Waals surface area contributed by atoms with Crippen molar-refractivity contribution < 1.29 is 9.47 Å². The molecule has 0 bridgehead atoms. The van der Waals surface area contributed by atoms with E-state index in [9.17, 15) is 0 Å². The van der Waals surface area contributed by atoms with E-state index in [1.54, 1.807) is 30.3 Å². The van der Waals surface area contributed by atoms with Crippen molar-refractivity contribution in [3.8, 4) is 23.0 Å². The van der Waals surface area contributed by atoms with Gasteiger partial charge >= 0.3 is 0 Å². The van der Waals surface area contributed by atoms with Crippen molar-refractivity contribution in [2.75, 3.05) is 11.5 Å². The monoisotopic (exact) mass is 358 g/mol. The van der Waals surface area contributed by atoms with E-state index in [1.807, 2.05) is 55.5 Å². The van der Waals surface area contributed by atoms with E-state index in [2.05, 4.69) is 6.58 Å². The molecule has 0 aliphatic carbocycles. The summed E-state index contributed by atoms with van der Waals surface area (Å²) < 4.78 is 12.0. The number of benzene rings is 3. The lowest BCUT2D eigenvalue weighted by atomic mass is 10.1. The van der Waals surface area contributed by atoms with Crippen molar-refractivity contribution in [3.63, 3.8) is 0 Å². The Hall–Kier alpha value is -3.66. The van der Waals surface area contributed by atoms with Gasteiger partial charge in [-0.25, -0.2) is 0 Å². The number of allylic oxidation sites excluding steroid dienone is 3. The molecular weight excluding hydrogens is 336 g/mol. The molecular formula is C23H22N2O2. The zero-order chi connectivity index (χ0) is 19.2. The highest BCUT2D eigenvalue weighted by Gasteiger charge is 2.10. The van der Waals surface area contributed by atoms with Gasteiger partial charge in [-0.3, -0.25) is 0 Å². The topological polar surface area (TPSA) is 70.5 Å². The molecule has 3 aromatic rings. The highest BCUT2D eigenvalue weighted by atomic mass is 16.5. The van der Waals surface area contributed by atoms with Gasteiger partial charge in [0.25, 0.3) is 0 Å². The molecule has 4 heteroatoms. The molecule has 0 unspecified atom stereocenters. The molecule has 4 N–H and O–H groups in total. The molecule has 0 atom stereocenters. The summed E-state index contributed by atoms with van der Waals surface area (Å²) in [5, 5.41) is 0. The first-order valence-corrected chi connectivity index (χ1v) is 8.55. The van der Waals surface area contributed by atoms with Crippen LogP contribution in [-0.2, 0) is 0 Å². The van der Waals surface area contributed by atoms with E-state index in [0.29, 0.717) is 28.6 Å². The van der Waals surface area contributed by atoms with Gasteiger partial charge in [-0.15, -0.1) is 0 Å². The summed E-state index contributed by atoms with van der Waals surface area (Å²) in [4.78, 5) is 0. The van der Waals surface area contributed by atoms with Crippen LogP contribution >= 0.6 is 0 Å². The number of hydrogen-bond acceptors (Lipinski definition) is 4. The second-order valence-corrected chi connectivity index (χ2v) is 6.09. The van der Waals surface area contributed by atoms with Crippen LogP contribution in [0.3, 0.4) is 0 Å². The van der Waals surface area contributed by atoms with E-state index in [1.165, 1.54) is 0 Å². The quantitative estimate of drug-likeness (QED) is 0.417. The Labute approximate surface area is 159 Å². The van der Waals surface area contributed by atoms with E-state index >= 15 is 0 Å². The van der Waals surface area contributed by atoms with Crippen molar-refractivity contribution in [3.05, 3.63) is 91.0 Å². The number of nitrogen functional groups attached to an aromatic ring is 2. The summed E-state index contributed by atoms with van der Waals surface area (Å²) in [6.45, 7) is 5.77. The van der Waals surface area contributed by atoms with Crippen molar-refractivity contribution in [2.24, 2.45) is 0 Å². The predicted octanol–water partition coefficient (Wildman–Crippen LogP) is 6.02. The molecule has 4 nitrogen and oxygen atoms in total. The Balaban J connectivity index is 1.93. The number of hydrogen-bond donors (Lipinski definition) is 2. The molecule has 136 valence electrons. The Morgan fingerprint density at radius 1 is 0.778 bits per heavy atom. The summed E-state index contributed by atoms with van der Waals surface area (Å²) in [6, 6.07) is 20.3. The second-order valence-electron chi connectivity index (χ2n) is 6.09. The van der Waals surface area contributed by atoms with Crippen LogP contribution in [-0.4, -0.2) is 0 Å². The molecule has 0 saturated carbocycles. The minimum atomic E-state index is 0.692. The fourth-order valence-electron chi connectivity index (χ4n) is 2.57. The summed E-state index contributed by atoms with van der Waals surface area (Å²) in [5.74, 6) is 2.85. The van der Waals surface area contributed by atoms with Gasteiger partial charge in [0, 0.05) is 16.9 Å². The minimum Gasteiger partial charge on any atom is -0.457 e. The summed E-state index contributed by atoms with van der Waals surface area (Å²) in [6.07, 6.45) is 3.67. The van der Waals surface area contributed by atoms with E-state index < -0.39 is 0 Å². The van der Waals surface area contributed by atoms with Gasteiger partial charge < -0.3 is 20.9 Å². The van der Waals surface area contributed by atoms with E-state index in [4.69, 9.17) is 20.9 Å². The molecule has 27 heavy (non-hydrogen) atoms. The lowest BCUT2D eigenvalue weighted by Gasteiger charge is -2.14. The van der Waals surface area contributed by atoms with Gasteiger partial charge in [-0.05, 0) is 79.2 Å². The third-order valence-corrected chi connectivity index (χ3v) is 3.97. The van der Waals surface area contributed by atoms with Crippen molar-refractivity contribution >= 4 is 16.9 Å². The molecule has 0 saturated heterocycles. The highest BCUT2D eigenvalue weighted by Crippen LogP contribution is 2.35. The number of ether oxygens (including phenoxy) is 2. The Morgan fingerprint density at radius 2 is 1.30 bits per heavy atom. The van der Waals surface area contributed by atoms with Crippen LogP contribution in [0.15, 0.2) is 85.5 Å². The van der Waals surface area contributed by atoms with Crippen LogP contribution in [0.2, 0.25) is 0 Å². The Bertz CT molecular complexity index is 959. The SMILES string of the molecule is C=C/C=C(\C)c1cc(Oc2ccc(N)cc2)ccc1Oc1ccc(N)cc1. The first-order chi connectivity index (χ1) is 13.0. The van der Waals surface area contributed by atoms with Gasteiger partial charge in [0.2, 0.25) is 0 Å². The van der Waals surface area contributed by atoms with Gasteiger partial charge in [0.05, 0.1) is 0 Å². The largest absolute Gasteiger partial charge is 0.457 e. The number of nitrogens with two attached hydrogens (primary N) is 2. The summed E-state index contributed by atoms with van der Waals surface area (Å²) >= 11 is 0. The Morgan fingerprint density at radius 3 is 1.85 bits per heavy atom. The predicted molar refractivity (Wildman–Crippen MR) is 112 cm³/mol. The molecule has 0 fully saturated rings. The van der Waals surface area contributed by atoms with Crippen LogP contribution in [0.25, 0.3) is 5.57 Å². The zero-order valence-corrected chi connectivity index (χ0v) is 15.2. The summed E-state index contributed by atoms with van der Waals surface area (Å²) in [5.41, 5.74) is 14.8. The van der Waals surface area contributed by atoms with Gasteiger partial charge in [-0.2, -0.15) is 0 Å². The average Bonchev–Trinajstić information content (AvgIpc) is 2.67. The van der Waals surface area contributed by atoms with Crippen LogP contribution < -0.4 is 20.9 Å². The zero-order valence-electron chi connectivity index (χ0n) is 15.2. The second kappa shape index (κ2) is 8.15. The number of rotatable bonds is 6. The summed E-state index contributed by atoms with van der Waals surface area (Å²) in [7, 11) is 0. The van der Waals surface area contributed by atoms with E-state index in [-0.39, 0.29) is 0 Å². The maximum Gasteiger partial charge on any atom is 0.135 e. The standard InChI is InChI=1S/C23H22N2O2/c1-3-4-16(2)22-15-21(26-19-9-5-17(24)6-10-19)13-14-23(22)27-20-11-7-18(25)8-12-20/h3-15H,1,24-25H2,2H3/b16-4+. The van der Waals surface area contributed by atoms with Crippen LogP contribution in [0.1, 0.15) is 12.5 Å². The minimum absolute atomic E-state index is 0.692. The van der Waals surface area contributed by atoms with Gasteiger partial charge in [-0.1, -0.05) is 18.7 Å². The normalized spacial score (nSPS) is 11.1. The lowest BCUT2D eigenvalue weighted by molar-refractivity contribution is 0.468. The smallest absolute Gasteiger partial charge is 0.135 e. The van der Waals surface area contributed by atoms with Crippen LogP contribution in [0.5, 0.6) is 23.0 Å². The molecule has 0 aliphatic heterocycles. The lowest BCUT2D eigenvalue weighted by Crippen LogP contribution is -1.93. The average molecular weight is 358 g/mol. The molecule has 0 aromatic heterocycles. The molecule has 3 aromatic carbocycles. The fourth-order valence-corrected chi connectivity index (χ4v) is 2.57. The van der Waals surface area contributed by atoms with Crippen molar-refractivity contribution in [1.29, 1.82) is 0 Å². The maximum absolute atomic E-state index is 6.05. The van der Waals surface area contributed by atoms with E-state index in [0.717, 1.165) is 16.9 Å². The third kappa shape index (κ3) is 4.70. The first kappa shape index (κ1) is 18.1. The third-order valence-electron chi connectivity index (χ3n) is 3.97. The van der Waals surface area contributed by atoms with Crippen LogP contribution in [0.4, 0.5) is 11.4 Å². The molecule has 0 spiro atoms. The number of anilines is 2.